The first-order valence-electron chi connectivity index (χ1n) is 8.95. The van der Waals surface area contributed by atoms with E-state index in [4.69, 9.17) is 0 Å². The number of nitrogens with one attached hydrogen (secondary N) is 1. The van der Waals surface area contributed by atoms with Gasteiger partial charge in [-0.05, 0) is 58.1 Å². The van der Waals surface area contributed by atoms with Gasteiger partial charge in [-0.25, -0.2) is 14.1 Å². The van der Waals surface area contributed by atoms with Crippen LogP contribution >= 0.6 is 0 Å². The molecule has 0 aliphatic heterocycles. The zero-order valence-electron chi connectivity index (χ0n) is 15.3. The third-order valence-corrected chi connectivity index (χ3v) is 4.91. The van der Waals surface area contributed by atoms with E-state index >= 15 is 0 Å². The first kappa shape index (κ1) is 18.1. The van der Waals surface area contributed by atoms with Crippen molar-refractivity contribution in [2.45, 2.75) is 57.7 Å². The minimum atomic E-state index is -1.13. The number of alkyl halides is 1. The summed E-state index contributed by atoms with van der Waals surface area (Å²) in [5.41, 5.74) is 1.25. The molecule has 26 heavy (non-hydrogen) atoms. The Labute approximate surface area is 153 Å². The largest absolute Gasteiger partial charge is 0.367 e. The van der Waals surface area contributed by atoms with Gasteiger partial charge < -0.3 is 5.32 Å². The third kappa shape index (κ3) is 3.93. The second-order valence-corrected chi connectivity index (χ2v) is 7.11. The van der Waals surface area contributed by atoms with E-state index in [0.29, 0.717) is 36.5 Å². The maximum absolute atomic E-state index is 14.6. The Hall–Kier alpha value is -2.68. The van der Waals surface area contributed by atoms with Gasteiger partial charge in [-0.1, -0.05) is 6.08 Å². The molecule has 0 amide bonds. The van der Waals surface area contributed by atoms with Gasteiger partial charge in [-0.15, -0.1) is 6.58 Å². The number of hydrogen-bond donors (Lipinski definition) is 1. The van der Waals surface area contributed by atoms with Crippen molar-refractivity contribution >= 4 is 5.82 Å². The van der Waals surface area contributed by atoms with Crippen LogP contribution < -0.4 is 5.32 Å². The van der Waals surface area contributed by atoms with Crippen molar-refractivity contribution in [2.24, 2.45) is 0 Å². The summed E-state index contributed by atoms with van der Waals surface area (Å²) in [7, 11) is 0. The van der Waals surface area contributed by atoms with E-state index < -0.39 is 5.67 Å². The molecule has 6 heteroatoms. The summed E-state index contributed by atoms with van der Waals surface area (Å²) in [6, 6.07) is 7.75. The molecule has 1 aliphatic rings. The van der Waals surface area contributed by atoms with Crippen LogP contribution in [0.3, 0.4) is 0 Å². The summed E-state index contributed by atoms with van der Waals surface area (Å²) >= 11 is 0. The number of allylic oxidation sites excluding steroid dienone is 1. The Kier molecular flexibility index (Phi) is 5.08. The number of aryl methyl sites for hydroxylation is 2. The maximum atomic E-state index is 14.6. The van der Waals surface area contributed by atoms with Crippen molar-refractivity contribution < 1.29 is 4.39 Å². The van der Waals surface area contributed by atoms with Crippen molar-refractivity contribution in [1.29, 1.82) is 5.26 Å². The molecule has 1 saturated carbocycles. The number of hydrogen-bond acceptors (Lipinski definition) is 4. The number of anilines is 1. The molecule has 0 unspecified atom stereocenters. The quantitative estimate of drug-likeness (QED) is 0.809. The maximum Gasteiger partial charge on any atom is 0.157 e. The number of halogens is 1. The molecule has 0 saturated heterocycles. The second kappa shape index (κ2) is 7.28. The molecular weight excluding hydrogens is 329 g/mol. The van der Waals surface area contributed by atoms with Crippen LogP contribution in [0.25, 0.3) is 5.82 Å². The van der Waals surface area contributed by atoms with Crippen LogP contribution in [0, 0.1) is 25.2 Å². The first-order valence-corrected chi connectivity index (χ1v) is 8.95. The van der Waals surface area contributed by atoms with Gasteiger partial charge in [-0.2, -0.15) is 10.4 Å². The molecule has 1 aliphatic carbocycles. The van der Waals surface area contributed by atoms with Crippen molar-refractivity contribution in [3.05, 3.63) is 47.8 Å². The fourth-order valence-corrected chi connectivity index (χ4v) is 3.58. The van der Waals surface area contributed by atoms with Crippen molar-refractivity contribution in [3.8, 4) is 11.9 Å². The van der Waals surface area contributed by atoms with E-state index in [1.54, 1.807) is 22.9 Å². The first-order chi connectivity index (χ1) is 12.4. The van der Waals surface area contributed by atoms with Crippen LogP contribution in [0.1, 0.15) is 49.1 Å². The lowest BCUT2D eigenvalue weighted by atomic mass is 9.81. The molecule has 1 N–H and O–H groups in total. The molecule has 0 bridgehead atoms. The lowest BCUT2D eigenvalue weighted by molar-refractivity contribution is 0.106. The fourth-order valence-electron chi connectivity index (χ4n) is 3.58. The molecular formula is C20H24FN5. The average molecular weight is 353 g/mol. The highest BCUT2D eigenvalue weighted by atomic mass is 19.1. The minimum Gasteiger partial charge on any atom is -0.367 e. The Morgan fingerprint density at radius 2 is 2.12 bits per heavy atom. The van der Waals surface area contributed by atoms with Crippen LogP contribution in [0.15, 0.2) is 30.9 Å². The van der Waals surface area contributed by atoms with E-state index in [2.05, 4.69) is 28.0 Å². The molecule has 1 fully saturated rings. The average Bonchev–Trinajstić information content (AvgIpc) is 2.95. The zero-order chi connectivity index (χ0) is 18.7. The number of pyridine rings is 1. The summed E-state index contributed by atoms with van der Waals surface area (Å²) in [6.45, 7) is 7.52. The predicted molar refractivity (Wildman–Crippen MR) is 100 cm³/mol. The third-order valence-electron chi connectivity index (χ3n) is 4.91. The summed E-state index contributed by atoms with van der Waals surface area (Å²) in [4.78, 5) is 4.62. The van der Waals surface area contributed by atoms with E-state index in [-0.39, 0.29) is 6.04 Å². The van der Waals surface area contributed by atoms with Crippen LogP contribution in [-0.4, -0.2) is 26.5 Å². The second-order valence-electron chi connectivity index (χ2n) is 7.11. The molecule has 0 radical (unpaired) electrons. The highest BCUT2D eigenvalue weighted by Gasteiger charge is 2.34. The van der Waals surface area contributed by atoms with Crippen LogP contribution in [0.4, 0.5) is 10.2 Å². The highest BCUT2D eigenvalue weighted by molar-refractivity contribution is 5.49. The van der Waals surface area contributed by atoms with Crippen LogP contribution in [0.5, 0.6) is 0 Å². The number of nitriles is 1. The fraction of sp³-hybridized carbons (Fsp3) is 0.450. The van der Waals surface area contributed by atoms with Crippen LogP contribution in [-0.2, 0) is 0 Å². The normalized spacial score (nSPS) is 22.6. The molecule has 3 rings (SSSR count). The number of rotatable bonds is 5. The molecule has 0 spiro atoms. The van der Waals surface area contributed by atoms with Crippen molar-refractivity contribution in [1.82, 2.24) is 14.8 Å². The zero-order valence-corrected chi connectivity index (χ0v) is 15.3. The Morgan fingerprint density at radius 3 is 2.69 bits per heavy atom. The molecule has 2 heterocycles. The van der Waals surface area contributed by atoms with Gasteiger partial charge in [0.05, 0.1) is 17.3 Å². The standard InChI is InChI=1S/C20H24FN5/c1-4-7-20(21)8-5-17(6-9-20)23-18-11-16(13-22)12-19(24-18)26-15(3)10-14(2)25-26/h4,10-12,17H,1,5-9H2,2-3H3,(H,23,24). The molecule has 0 aromatic carbocycles. The van der Waals surface area contributed by atoms with Gasteiger partial charge in [0.15, 0.2) is 5.82 Å². The molecule has 2 aromatic heterocycles. The number of nitrogens with zero attached hydrogens (tertiary/aromatic N) is 4. The smallest absolute Gasteiger partial charge is 0.157 e. The molecule has 136 valence electrons. The molecule has 5 nitrogen and oxygen atoms in total. The van der Waals surface area contributed by atoms with Crippen molar-refractivity contribution in [2.75, 3.05) is 5.32 Å². The van der Waals surface area contributed by atoms with Crippen LogP contribution in [0.2, 0.25) is 0 Å². The summed E-state index contributed by atoms with van der Waals surface area (Å²) in [5, 5.41) is 17.2. The Balaban J connectivity index is 1.79. The summed E-state index contributed by atoms with van der Waals surface area (Å²) in [5.74, 6) is 1.24. The topological polar surface area (TPSA) is 66.5 Å². The molecule has 0 atom stereocenters. The lowest BCUT2D eigenvalue weighted by Crippen LogP contribution is -2.35. The van der Waals surface area contributed by atoms with Gasteiger partial charge in [-0.3, -0.25) is 0 Å². The van der Waals surface area contributed by atoms with Gasteiger partial charge in [0.2, 0.25) is 0 Å². The Bertz CT molecular complexity index is 840. The lowest BCUT2D eigenvalue weighted by Gasteiger charge is -2.34. The number of aromatic nitrogens is 3. The van der Waals surface area contributed by atoms with Crippen molar-refractivity contribution in [3.63, 3.8) is 0 Å². The van der Waals surface area contributed by atoms with E-state index in [0.717, 1.165) is 24.2 Å². The van der Waals surface area contributed by atoms with Gasteiger partial charge in [0, 0.05) is 17.8 Å². The Morgan fingerprint density at radius 1 is 1.38 bits per heavy atom. The van der Waals surface area contributed by atoms with E-state index in [1.807, 2.05) is 19.9 Å². The predicted octanol–water partition coefficient (Wildman–Crippen LogP) is 4.39. The summed E-state index contributed by atoms with van der Waals surface area (Å²) in [6.07, 6.45) is 4.56. The monoisotopic (exact) mass is 353 g/mol. The molecule has 2 aromatic rings. The SMILES string of the molecule is C=CCC1(F)CCC(Nc2cc(C#N)cc(-n3nc(C)cc3C)n2)CC1. The highest BCUT2D eigenvalue weighted by Crippen LogP contribution is 2.36. The van der Waals surface area contributed by atoms with Gasteiger partial charge in [0.25, 0.3) is 0 Å². The van der Waals surface area contributed by atoms with E-state index in [9.17, 15) is 9.65 Å². The van der Waals surface area contributed by atoms with Gasteiger partial charge in [0.1, 0.15) is 11.5 Å². The minimum absolute atomic E-state index is 0.151. The summed E-state index contributed by atoms with van der Waals surface area (Å²) < 4.78 is 16.3. The van der Waals surface area contributed by atoms with Gasteiger partial charge >= 0.3 is 0 Å². The van der Waals surface area contributed by atoms with E-state index in [1.165, 1.54) is 0 Å².